The van der Waals surface area contributed by atoms with E-state index in [4.69, 9.17) is 0 Å². The zero-order chi connectivity index (χ0) is 17.1. The summed E-state index contributed by atoms with van der Waals surface area (Å²) >= 11 is 1.26. The highest BCUT2D eigenvalue weighted by Gasteiger charge is 2.14. The fraction of sp³-hybridized carbons (Fsp3) is 0.133. The minimum Gasteiger partial charge on any atom is -0.296 e. The van der Waals surface area contributed by atoms with Gasteiger partial charge in [-0.1, -0.05) is 12.1 Å². The number of hydrogen-bond donors (Lipinski definition) is 1. The summed E-state index contributed by atoms with van der Waals surface area (Å²) in [5.41, 5.74) is 1.64. The molecule has 0 bridgehead atoms. The summed E-state index contributed by atoms with van der Waals surface area (Å²) in [7, 11) is 0. The van der Waals surface area contributed by atoms with Gasteiger partial charge in [0, 0.05) is 35.8 Å². The van der Waals surface area contributed by atoms with Gasteiger partial charge in [0.25, 0.3) is 11.6 Å². The molecule has 1 aromatic carbocycles. The topological polar surface area (TPSA) is 103 Å². The van der Waals surface area contributed by atoms with Crippen LogP contribution >= 0.6 is 11.3 Å². The van der Waals surface area contributed by atoms with Crippen LogP contribution in [0.2, 0.25) is 0 Å². The molecule has 122 valence electrons. The number of hydrogen-bond acceptors (Lipinski definition) is 6. The first-order valence-electron chi connectivity index (χ1n) is 7.12. The number of aryl methyl sites for hydroxylation is 1. The van der Waals surface area contributed by atoms with E-state index in [0.29, 0.717) is 28.6 Å². The van der Waals surface area contributed by atoms with E-state index in [1.165, 1.54) is 23.5 Å². The van der Waals surface area contributed by atoms with E-state index >= 15 is 0 Å². The normalized spacial score (nSPS) is 10.5. The van der Waals surface area contributed by atoms with Gasteiger partial charge in [-0.25, -0.2) is 4.98 Å². The Kier molecular flexibility index (Phi) is 4.34. The summed E-state index contributed by atoms with van der Waals surface area (Å²) in [6, 6.07) is 7.84. The maximum Gasteiger partial charge on any atom is 0.275 e. The van der Waals surface area contributed by atoms with Gasteiger partial charge >= 0.3 is 0 Å². The molecule has 0 aliphatic heterocycles. The summed E-state index contributed by atoms with van der Waals surface area (Å²) in [4.78, 5) is 27.0. The average Bonchev–Trinajstić information content (AvgIpc) is 3.23. The van der Waals surface area contributed by atoms with E-state index in [1.54, 1.807) is 34.5 Å². The summed E-state index contributed by atoms with van der Waals surface area (Å²) in [5.74, 6) is -0.297. The molecule has 0 spiro atoms. The molecule has 1 N–H and O–H groups in total. The highest BCUT2D eigenvalue weighted by Crippen LogP contribution is 2.27. The van der Waals surface area contributed by atoms with E-state index in [9.17, 15) is 14.9 Å². The van der Waals surface area contributed by atoms with Crippen LogP contribution in [0.4, 0.5) is 10.8 Å². The van der Waals surface area contributed by atoms with E-state index < -0.39 is 4.92 Å². The van der Waals surface area contributed by atoms with Crippen molar-refractivity contribution in [1.82, 2.24) is 14.8 Å². The summed E-state index contributed by atoms with van der Waals surface area (Å²) in [6.45, 7) is 2.49. The molecule has 0 fully saturated rings. The van der Waals surface area contributed by atoms with Crippen LogP contribution in [0.1, 0.15) is 17.4 Å². The number of amides is 1. The second-order valence-corrected chi connectivity index (χ2v) is 5.69. The Labute approximate surface area is 140 Å². The molecule has 0 aliphatic carbocycles. The van der Waals surface area contributed by atoms with Gasteiger partial charge in [-0.2, -0.15) is 5.10 Å². The molecule has 0 saturated carbocycles. The lowest BCUT2D eigenvalue weighted by Crippen LogP contribution is -2.17. The SMILES string of the molecule is CCn1nccc1C(=O)Nc1nc(-c2cccc([N+](=O)[O-])c2)cs1. The molecule has 0 saturated heterocycles. The number of rotatable bonds is 5. The zero-order valence-corrected chi connectivity index (χ0v) is 13.5. The lowest BCUT2D eigenvalue weighted by atomic mass is 10.1. The fourth-order valence-corrected chi connectivity index (χ4v) is 2.90. The zero-order valence-electron chi connectivity index (χ0n) is 12.7. The number of carbonyl (C=O) groups is 1. The number of non-ortho nitro benzene ring substituents is 1. The molecule has 0 aliphatic rings. The Hall–Kier alpha value is -3.07. The molecule has 2 aromatic heterocycles. The van der Waals surface area contributed by atoms with Gasteiger partial charge in [0.1, 0.15) is 5.69 Å². The Morgan fingerprint density at radius 2 is 2.25 bits per heavy atom. The number of benzene rings is 1. The molecule has 8 nitrogen and oxygen atoms in total. The summed E-state index contributed by atoms with van der Waals surface area (Å²) < 4.78 is 1.59. The molecule has 0 atom stereocenters. The van der Waals surface area contributed by atoms with Crippen molar-refractivity contribution in [3.63, 3.8) is 0 Å². The maximum atomic E-state index is 12.2. The van der Waals surface area contributed by atoms with Crippen LogP contribution < -0.4 is 5.32 Å². The first kappa shape index (κ1) is 15.8. The molecule has 0 radical (unpaired) electrons. The van der Waals surface area contributed by atoms with E-state index in [0.717, 1.165) is 0 Å². The number of nitrogens with zero attached hydrogens (tertiary/aromatic N) is 4. The van der Waals surface area contributed by atoms with Crippen molar-refractivity contribution in [3.05, 3.63) is 57.7 Å². The third-order valence-corrected chi connectivity index (χ3v) is 4.08. The lowest BCUT2D eigenvalue weighted by Gasteiger charge is -2.03. The van der Waals surface area contributed by atoms with Crippen molar-refractivity contribution in [2.45, 2.75) is 13.5 Å². The average molecular weight is 343 g/mol. The van der Waals surface area contributed by atoms with Gasteiger partial charge in [-0.15, -0.1) is 11.3 Å². The van der Waals surface area contributed by atoms with E-state index in [1.807, 2.05) is 6.92 Å². The highest BCUT2D eigenvalue weighted by atomic mass is 32.1. The molecule has 3 aromatic rings. The summed E-state index contributed by atoms with van der Waals surface area (Å²) in [6.07, 6.45) is 1.56. The third-order valence-electron chi connectivity index (χ3n) is 3.33. The number of anilines is 1. The smallest absolute Gasteiger partial charge is 0.275 e. The van der Waals surface area contributed by atoms with Crippen LogP contribution in [0, 0.1) is 10.1 Å². The Morgan fingerprint density at radius 3 is 3.00 bits per heavy atom. The molecule has 1 amide bonds. The first-order chi connectivity index (χ1) is 11.6. The monoisotopic (exact) mass is 343 g/mol. The van der Waals surface area contributed by atoms with Crippen LogP contribution in [0.3, 0.4) is 0 Å². The largest absolute Gasteiger partial charge is 0.296 e. The van der Waals surface area contributed by atoms with Gasteiger partial charge in [-0.3, -0.25) is 24.9 Å². The highest BCUT2D eigenvalue weighted by molar-refractivity contribution is 7.14. The van der Waals surface area contributed by atoms with Crippen LogP contribution in [-0.4, -0.2) is 25.6 Å². The molecular formula is C15H13N5O3S. The predicted octanol–water partition coefficient (Wildman–Crippen LogP) is 3.19. The number of carbonyl (C=O) groups excluding carboxylic acids is 1. The van der Waals surface area contributed by atoms with E-state index in [2.05, 4.69) is 15.4 Å². The maximum absolute atomic E-state index is 12.2. The standard InChI is InChI=1S/C15H13N5O3S/c1-2-19-13(6-7-16-19)14(21)18-15-17-12(9-24-15)10-4-3-5-11(8-10)20(22)23/h3-9H,2H2,1H3,(H,17,18,21). The summed E-state index contributed by atoms with van der Waals surface area (Å²) in [5, 5.41) is 19.8. The molecule has 24 heavy (non-hydrogen) atoms. The second kappa shape index (κ2) is 6.59. The number of thiazole rings is 1. The molecule has 0 unspecified atom stereocenters. The minimum absolute atomic E-state index is 0.00191. The quantitative estimate of drug-likeness (QED) is 0.566. The van der Waals surface area contributed by atoms with Gasteiger partial charge in [-0.05, 0) is 13.0 Å². The molecule has 2 heterocycles. The number of nitro groups is 1. The van der Waals surface area contributed by atoms with Crippen LogP contribution in [0.25, 0.3) is 11.3 Å². The van der Waals surface area contributed by atoms with Crippen LogP contribution in [0.5, 0.6) is 0 Å². The van der Waals surface area contributed by atoms with Crippen molar-refractivity contribution in [2.75, 3.05) is 5.32 Å². The Bertz CT molecular complexity index is 902. The number of nitro benzene ring substituents is 1. The van der Waals surface area contributed by atoms with Crippen molar-refractivity contribution < 1.29 is 9.72 Å². The van der Waals surface area contributed by atoms with Gasteiger partial charge in [0.15, 0.2) is 5.13 Å². The third kappa shape index (κ3) is 3.15. The Balaban J connectivity index is 1.80. The molecule has 9 heteroatoms. The second-order valence-electron chi connectivity index (χ2n) is 4.83. The van der Waals surface area contributed by atoms with Gasteiger partial charge in [0.05, 0.1) is 10.6 Å². The van der Waals surface area contributed by atoms with Gasteiger partial charge in [0.2, 0.25) is 0 Å². The first-order valence-corrected chi connectivity index (χ1v) is 8.00. The predicted molar refractivity (Wildman–Crippen MR) is 90.1 cm³/mol. The molecule has 3 rings (SSSR count). The Morgan fingerprint density at radius 1 is 1.42 bits per heavy atom. The van der Waals surface area contributed by atoms with Crippen LogP contribution in [0.15, 0.2) is 41.9 Å². The van der Waals surface area contributed by atoms with Crippen molar-refractivity contribution in [3.8, 4) is 11.3 Å². The fourth-order valence-electron chi connectivity index (χ4n) is 2.18. The molecular weight excluding hydrogens is 330 g/mol. The van der Waals surface area contributed by atoms with Crippen molar-refractivity contribution in [2.24, 2.45) is 0 Å². The van der Waals surface area contributed by atoms with Gasteiger partial charge < -0.3 is 0 Å². The van der Waals surface area contributed by atoms with Crippen molar-refractivity contribution >= 4 is 28.1 Å². The van der Waals surface area contributed by atoms with Crippen LogP contribution in [-0.2, 0) is 6.54 Å². The number of nitrogens with one attached hydrogen (secondary N) is 1. The minimum atomic E-state index is -0.454. The number of aromatic nitrogens is 3. The van der Waals surface area contributed by atoms with Crippen molar-refractivity contribution in [1.29, 1.82) is 0 Å². The van der Waals surface area contributed by atoms with E-state index in [-0.39, 0.29) is 11.6 Å². The lowest BCUT2D eigenvalue weighted by molar-refractivity contribution is -0.384.